The zero-order chi connectivity index (χ0) is 19.5. The topological polar surface area (TPSA) is 103 Å². The lowest BCUT2D eigenvalue weighted by atomic mass is 10.2. The highest BCUT2D eigenvalue weighted by Gasteiger charge is 2.18. The molecule has 2 amide bonds. The highest BCUT2D eigenvalue weighted by Crippen LogP contribution is 2.22. The van der Waals surface area contributed by atoms with E-state index in [1.807, 2.05) is 39.9 Å². The van der Waals surface area contributed by atoms with Crippen LogP contribution in [0, 0.1) is 0 Å². The molecule has 0 saturated carbocycles. The number of hydrogen-bond donors (Lipinski definition) is 2. The molecule has 0 spiro atoms. The molecule has 1 fully saturated rings. The molecule has 1 saturated heterocycles. The summed E-state index contributed by atoms with van der Waals surface area (Å²) in [5, 5.41) is 3.80. The average molecular weight is 382 g/mol. The van der Waals surface area contributed by atoms with Gasteiger partial charge in [-0.25, -0.2) is 0 Å². The summed E-state index contributed by atoms with van der Waals surface area (Å²) in [6, 6.07) is 9.16. The van der Waals surface area contributed by atoms with E-state index in [2.05, 4.69) is 5.32 Å². The summed E-state index contributed by atoms with van der Waals surface area (Å²) >= 11 is 0. The number of nitrogens with two attached hydrogens (primary N) is 1. The van der Waals surface area contributed by atoms with Crippen LogP contribution in [0.4, 0.5) is 5.69 Å². The second-order valence-corrected chi connectivity index (χ2v) is 6.67. The Labute approximate surface area is 161 Å². The molecule has 1 aliphatic rings. The van der Waals surface area contributed by atoms with E-state index in [-0.39, 0.29) is 24.9 Å². The van der Waals surface area contributed by atoms with E-state index in [1.54, 1.807) is 6.07 Å². The number of carbonyl (C=O) groups excluding carboxylic acids is 2. The maximum atomic E-state index is 12.5. The number of anilines is 1. The van der Waals surface area contributed by atoms with E-state index in [1.165, 1.54) is 6.26 Å². The molecule has 0 unspecified atom stereocenters. The fourth-order valence-corrected chi connectivity index (χ4v) is 3.28. The summed E-state index contributed by atoms with van der Waals surface area (Å²) in [5.74, 6) is 0.376. The highest BCUT2D eigenvalue weighted by molar-refractivity contribution is 6.05. The molecule has 4 rings (SSSR count). The number of nitrogens with one attached hydrogen (secondary N) is 1. The fraction of sp³-hybridized carbons (Fsp3) is 0.300. The van der Waals surface area contributed by atoms with Gasteiger partial charge in [0.25, 0.3) is 5.91 Å². The molecule has 0 atom stereocenters. The second-order valence-electron chi connectivity index (χ2n) is 6.67. The number of nitrogens with zero attached hydrogens (tertiary/aromatic N) is 2. The van der Waals surface area contributed by atoms with Gasteiger partial charge in [-0.2, -0.15) is 0 Å². The Morgan fingerprint density at radius 2 is 1.96 bits per heavy atom. The minimum absolute atomic E-state index is 0.0776. The second kappa shape index (κ2) is 7.87. The molecule has 0 bridgehead atoms. The molecule has 8 nitrogen and oxygen atoms in total. The molecule has 2 aromatic heterocycles. The Kier molecular flexibility index (Phi) is 5.14. The van der Waals surface area contributed by atoms with Gasteiger partial charge in [0.1, 0.15) is 18.6 Å². The van der Waals surface area contributed by atoms with Crippen molar-refractivity contribution in [3.05, 3.63) is 54.1 Å². The Hall–Kier alpha value is -3.10. The number of carbonyl (C=O) groups is 2. The Bertz CT molecular complexity index is 1000. The zero-order valence-electron chi connectivity index (χ0n) is 15.4. The molecule has 146 valence electrons. The number of benzene rings is 1. The van der Waals surface area contributed by atoms with Gasteiger partial charge in [0.15, 0.2) is 0 Å². The Morgan fingerprint density at radius 1 is 1.14 bits per heavy atom. The third-order valence-electron chi connectivity index (χ3n) is 4.82. The minimum atomic E-state index is -0.260. The lowest BCUT2D eigenvalue weighted by Crippen LogP contribution is -2.42. The molecule has 3 N–H and O–H groups in total. The van der Waals surface area contributed by atoms with Gasteiger partial charge in [-0.05, 0) is 30.3 Å². The van der Waals surface area contributed by atoms with E-state index >= 15 is 0 Å². The van der Waals surface area contributed by atoms with Crippen molar-refractivity contribution in [1.82, 2.24) is 9.47 Å². The molecule has 0 aliphatic carbocycles. The zero-order valence-corrected chi connectivity index (χ0v) is 15.4. The van der Waals surface area contributed by atoms with E-state index in [0.29, 0.717) is 43.3 Å². The third kappa shape index (κ3) is 3.78. The van der Waals surface area contributed by atoms with Crippen molar-refractivity contribution in [2.75, 3.05) is 31.6 Å². The fourth-order valence-electron chi connectivity index (χ4n) is 3.28. The number of morpholine rings is 1. The van der Waals surface area contributed by atoms with Crippen molar-refractivity contribution in [1.29, 1.82) is 0 Å². The van der Waals surface area contributed by atoms with Crippen LogP contribution in [0.5, 0.6) is 0 Å². The van der Waals surface area contributed by atoms with Crippen molar-refractivity contribution < 1.29 is 18.7 Å². The predicted octanol–water partition coefficient (Wildman–Crippen LogP) is 1.80. The van der Waals surface area contributed by atoms with Crippen LogP contribution in [-0.4, -0.2) is 47.6 Å². The molecule has 0 radical (unpaired) electrons. The van der Waals surface area contributed by atoms with Crippen LogP contribution in [0.2, 0.25) is 0 Å². The van der Waals surface area contributed by atoms with E-state index in [9.17, 15) is 9.59 Å². The van der Waals surface area contributed by atoms with Crippen LogP contribution in [-0.2, 0) is 22.6 Å². The van der Waals surface area contributed by atoms with Gasteiger partial charge < -0.3 is 29.7 Å². The van der Waals surface area contributed by atoms with Gasteiger partial charge in [-0.3, -0.25) is 9.59 Å². The first-order valence-corrected chi connectivity index (χ1v) is 9.17. The van der Waals surface area contributed by atoms with Crippen LogP contribution in [0.1, 0.15) is 16.1 Å². The van der Waals surface area contributed by atoms with E-state index in [0.717, 1.165) is 10.9 Å². The Balaban J connectivity index is 1.46. The molecule has 1 aromatic carbocycles. The SMILES string of the molecule is NCc1cc(C(=O)Nc2ccc3c(ccn3CC(=O)N3CCOCC3)c2)co1. The summed E-state index contributed by atoms with van der Waals surface area (Å²) in [6.07, 6.45) is 3.28. The first-order valence-electron chi connectivity index (χ1n) is 9.17. The van der Waals surface area contributed by atoms with Gasteiger partial charge in [0.05, 0.1) is 25.3 Å². The number of hydrogen-bond acceptors (Lipinski definition) is 5. The smallest absolute Gasteiger partial charge is 0.258 e. The molecule has 28 heavy (non-hydrogen) atoms. The lowest BCUT2D eigenvalue weighted by Gasteiger charge is -2.27. The number of ether oxygens (including phenoxy) is 1. The third-order valence-corrected chi connectivity index (χ3v) is 4.82. The summed E-state index contributed by atoms with van der Waals surface area (Å²) in [7, 11) is 0. The number of amides is 2. The first-order chi connectivity index (χ1) is 13.6. The Morgan fingerprint density at radius 3 is 2.71 bits per heavy atom. The number of furan rings is 1. The van der Waals surface area contributed by atoms with Gasteiger partial charge >= 0.3 is 0 Å². The standard InChI is InChI=1S/C20H22N4O4/c21-11-17-10-15(13-28-17)20(26)22-16-1-2-18-14(9-16)3-4-24(18)12-19(25)23-5-7-27-8-6-23/h1-4,9-10,13H,5-8,11-12,21H2,(H,22,26). The summed E-state index contributed by atoms with van der Waals surface area (Å²) in [4.78, 5) is 26.6. The predicted molar refractivity (Wildman–Crippen MR) is 104 cm³/mol. The van der Waals surface area contributed by atoms with Gasteiger partial charge in [-0.15, -0.1) is 0 Å². The number of rotatable bonds is 5. The molecule has 1 aliphatic heterocycles. The van der Waals surface area contributed by atoms with Crippen LogP contribution < -0.4 is 11.1 Å². The van der Waals surface area contributed by atoms with E-state index in [4.69, 9.17) is 14.9 Å². The van der Waals surface area contributed by atoms with Crippen LogP contribution in [0.15, 0.2) is 47.2 Å². The van der Waals surface area contributed by atoms with Gasteiger partial charge in [0.2, 0.25) is 5.91 Å². The van der Waals surface area contributed by atoms with Crippen LogP contribution >= 0.6 is 0 Å². The van der Waals surface area contributed by atoms with Crippen molar-refractivity contribution in [2.24, 2.45) is 5.73 Å². The molecular weight excluding hydrogens is 360 g/mol. The van der Waals surface area contributed by atoms with Gasteiger partial charge in [0, 0.05) is 35.9 Å². The monoisotopic (exact) mass is 382 g/mol. The van der Waals surface area contributed by atoms with Crippen molar-refractivity contribution in [2.45, 2.75) is 13.1 Å². The van der Waals surface area contributed by atoms with Crippen molar-refractivity contribution in [3.63, 3.8) is 0 Å². The molecule has 3 aromatic rings. The maximum absolute atomic E-state index is 12.5. The quantitative estimate of drug-likeness (QED) is 0.701. The van der Waals surface area contributed by atoms with Gasteiger partial charge in [-0.1, -0.05) is 0 Å². The molecule has 8 heteroatoms. The first kappa shape index (κ1) is 18.3. The van der Waals surface area contributed by atoms with Crippen molar-refractivity contribution in [3.8, 4) is 0 Å². The normalized spacial score (nSPS) is 14.4. The van der Waals surface area contributed by atoms with Crippen LogP contribution in [0.25, 0.3) is 10.9 Å². The molecule has 3 heterocycles. The summed E-state index contributed by atoms with van der Waals surface area (Å²) in [5.41, 5.74) is 7.54. The maximum Gasteiger partial charge on any atom is 0.258 e. The largest absolute Gasteiger partial charge is 0.467 e. The number of aromatic nitrogens is 1. The summed E-state index contributed by atoms with van der Waals surface area (Å²) in [6.45, 7) is 2.97. The number of fused-ring (bicyclic) bond motifs is 1. The lowest BCUT2D eigenvalue weighted by molar-refractivity contribution is -0.135. The van der Waals surface area contributed by atoms with E-state index < -0.39 is 0 Å². The van der Waals surface area contributed by atoms with Crippen molar-refractivity contribution >= 4 is 28.4 Å². The highest BCUT2D eigenvalue weighted by atomic mass is 16.5. The van der Waals surface area contributed by atoms with Crippen LogP contribution in [0.3, 0.4) is 0 Å². The average Bonchev–Trinajstić information content (AvgIpc) is 3.36. The minimum Gasteiger partial charge on any atom is -0.467 e. The molecular formula is C20H22N4O4. The summed E-state index contributed by atoms with van der Waals surface area (Å²) < 4.78 is 12.4.